The third kappa shape index (κ3) is 3.46. The minimum Gasteiger partial charge on any atom is -0.423 e. The summed E-state index contributed by atoms with van der Waals surface area (Å²) in [6.07, 6.45) is 0. The zero-order valence-electron chi connectivity index (χ0n) is 15.0. The summed E-state index contributed by atoms with van der Waals surface area (Å²) in [5.41, 5.74) is 1.83. The molecule has 1 N–H and O–H groups in total. The van der Waals surface area contributed by atoms with Gasteiger partial charge in [-0.15, -0.1) is 11.3 Å². The fourth-order valence-electron chi connectivity index (χ4n) is 2.87. The molecule has 0 fully saturated rings. The molecule has 0 saturated heterocycles. The van der Waals surface area contributed by atoms with E-state index in [1.54, 1.807) is 25.2 Å². The number of hydrogen-bond donors (Lipinski definition) is 1. The molecule has 0 aliphatic carbocycles. The normalized spacial score (nSPS) is 11.2. The van der Waals surface area contributed by atoms with E-state index in [9.17, 15) is 14.4 Å². The van der Waals surface area contributed by atoms with Crippen molar-refractivity contribution in [3.63, 3.8) is 0 Å². The van der Waals surface area contributed by atoms with Crippen molar-refractivity contribution >= 4 is 55.9 Å². The maximum atomic E-state index is 12.4. The summed E-state index contributed by atoms with van der Waals surface area (Å²) < 4.78 is 7.43. The summed E-state index contributed by atoms with van der Waals surface area (Å²) in [7, 11) is 1.69. The number of nitrogens with one attached hydrogen (secondary N) is 1. The monoisotopic (exact) mass is 413 g/mol. The van der Waals surface area contributed by atoms with Gasteiger partial charge in [0, 0.05) is 42.9 Å². The minimum atomic E-state index is -0.474. The molecule has 0 aliphatic heterocycles. The molecule has 7 nitrogen and oxygen atoms in total. The van der Waals surface area contributed by atoms with E-state index in [1.165, 1.54) is 40.7 Å². The average Bonchev–Trinajstić information content (AvgIpc) is 3.11. The third-order valence-corrected chi connectivity index (χ3v) is 6.12. The van der Waals surface area contributed by atoms with Crippen LogP contribution >= 0.6 is 23.1 Å². The zero-order chi connectivity index (χ0) is 19.8. The van der Waals surface area contributed by atoms with Crippen LogP contribution in [0.15, 0.2) is 54.9 Å². The predicted molar refractivity (Wildman–Crippen MR) is 111 cm³/mol. The van der Waals surface area contributed by atoms with Crippen LogP contribution in [-0.4, -0.2) is 15.5 Å². The summed E-state index contributed by atoms with van der Waals surface area (Å²) in [6.45, 7) is 1.41. The summed E-state index contributed by atoms with van der Waals surface area (Å²) >= 11 is 2.75. The molecule has 0 radical (unpaired) electrons. The molecule has 4 aromatic rings. The van der Waals surface area contributed by atoms with Crippen LogP contribution in [0.3, 0.4) is 0 Å². The smallest absolute Gasteiger partial charge is 0.336 e. The Labute approximate surface area is 167 Å². The van der Waals surface area contributed by atoms with Crippen LogP contribution in [0.5, 0.6) is 0 Å². The third-order valence-electron chi connectivity index (χ3n) is 4.15. The molecule has 3 heterocycles. The first kappa shape index (κ1) is 18.5. The second-order valence-corrected chi connectivity index (χ2v) is 8.02. The van der Waals surface area contributed by atoms with E-state index in [2.05, 4.69) is 10.3 Å². The lowest BCUT2D eigenvalue weighted by molar-refractivity contribution is -0.114. The van der Waals surface area contributed by atoms with E-state index in [1.807, 2.05) is 11.4 Å². The number of hydrogen-bond acceptors (Lipinski definition) is 7. The summed E-state index contributed by atoms with van der Waals surface area (Å²) in [5.74, 6) is 0.238. The molecule has 0 unspecified atom stereocenters. The molecule has 3 aromatic heterocycles. The molecular formula is C19H15N3O4S2. The topological polar surface area (TPSA) is 94.2 Å². The van der Waals surface area contributed by atoms with Gasteiger partial charge in [0.25, 0.3) is 5.56 Å². The first-order chi connectivity index (χ1) is 13.4. The summed E-state index contributed by atoms with van der Waals surface area (Å²) in [6, 6.07) is 8.44. The van der Waals surface area contributed by atoms with Crippen LogP contribution < -0.4 is 16.5 Å². The fraction of sp³-hybridized carbons (Fsp3) is 0.158. The average molecular weight is 413 g/mol. The predicted octanol–water partition coefficient (Wildman–Crippen LogP) is 3.35. The molecule has 0 bridgehead atoms. The van der Waals surface area contributed by atoms with E-state index < -0.39 is 5.63 Å². The fourth-order valence-corrected chi connectivity index (χ4v) is 4.64. The number of amides is 1. The zero-order valence-corrected chi connectivity index (χ0v) is 16.6. The van der Waals surface area contributed by atoms with Gasteiger partial charge in [0.05, 0.1) is 5.52 Å². The van der Waals surface area contributed by atoms with Gasteiger partial charge in [-0.3, -0.25) is 14.2 Å². The van der Waals surface area contributed by atoms with Crippen molar-refractivity contribution < 1.29 is 9.21 Å². The van der Waals surface area contributed by atoms with Crippen molar-refractivity contribution in [2.75, 3.05) is 5.32 Å². The number of carbonyl (C=O) groups excluding carboxylic acids is 1. The van der Waals surface area contributed by atoms with Crippen LogP contribution in [0.2, 0.25) is 0 Å². The van der Waals surface area contributed by atoms with E-state index in [4.69, 9.17) is 4.42 Å². The second kappa shape index (κ2) is 7.25. The Balaban J connectivity index is 1.70. The van der Waals surface area contributed by atoms with E-state index >= 15 is 0 Å². The molecule has 1 aromatic carbocycles. The Bertz CT molecular complexity index is 1340. The Morgan fingerprint density at radius 3 is 2.89 bits per heavy atom. The van der Waals surface area contributed by atoms with E-state index in [-0.39, 0.29) is 11.5 Å². The van der Waals surface area contributed by atoms with Gasteiger partial charge in [-0.2, -0.15) is 0 Å². The first-order valence-corrected chi connectivity index (χ1v) is 10.2. The van der Waals surface area contributed by atoms with E-state index in [0.717, 1.165) is 10.9 Å². The van der Waals surface area contributed by atoms with Crippen LogP contribution in [0.4, 0.5) is 5.69 Å². The Hall–Kier alpha value is -2.91. The highest BCUT2D eigenvalue weighted by Crippen LogP contribution is 2.27. The standard InChI is InChI=1S/C19H15N3O4S2/c1-10(23)20-12-3-4-13-11(7-16(24)26-15(13)8-12)9-28-19-21-14-5-6-27-17(14)18(25)22(19)2/h3-8H,9H2,1-2H3,(H,20,23). The van der Waals surface area contributed by atoms with Crippen LogP contribution in [0.1, 0.15) is 12.5 Å². The lowest BCUT2D eigenvalue weighted by Crippen LogP contribution is -2.18. The lowest BCUT2D eigenvalue weighted by atomic mass is 10.1. The van der Waals surface area contributed by atoms with Crippen LogP contribution in [-0.2, 0) is 17.6 Å². The lowest BCUT2D eigenvalue weighted by Gasteiger charge is -2.09. The van der Waals surface area contributed by atoms with Gasteiger partial charge in [0.15, 0.2) is 5.16 Å². The van der Waals surface area contributed by atoms with Crippen LogP contribution in [0, 0.1) is 0 Å². The molecular weight excluding hydrogens is 398 g/mol. The number of benzene rings is 1. The van der Waals surface area contributed by atoms with Crippen molar-refractivity contribution in [3.8, 4) is 0 Å². The second-order valence-electron chi connectivity index (χ2n) is 6.16. The van der Waals surface area contributed by atoms with Gasteiger partial charge in [0.1, 0.15) is 10.3 Å². The molecule has 28 heavy (non-hydrogen) atoms. The van der Waals surface area contributed by atoms with Crippen LogP contribution in [0.25, 0.3) is 21.2 Å². The number of rotatable bonds is 4. The van der Waals surface area contributed by atoms with Gasteiger partial charge in [-0.1, -0.05) is 11.8 Å². The molecule has 4 rings (SSSR count). The highest BCUT2D eigenvalue weighted by Gasteiger charge is 2.12. The SMILES string of the molecule is CC(=O)Nc1ccc2c(CSc3nc4ccsc4c(=O)n3C)cc(=O)oc2c1. The quantitative estimate of drug-likeness (QED) is 0.313. The van der Waals surface area contributed by atoms with E-state index in [0.29, 0.717) is 32.4 Å². The van der Waals surface area contributed by atoms with Gasteiger partial charge in [-0.05, 0) is 29.1 Å². The van der Waals surface area contributed by atoms with Crippen molar-refractivity contribution in [2.24, 2.45) is 7.05 Å². The summed E-state index contributed by atoms with van der Waals surface area (Å²) in [4.78, 5) is 40.2. The maximum absolute atomic E-state index is 12.4. The Morgan fingerprint density at radius 2 is 2.11 bits per heavy atom. The highest BCUT2D eigenvalue weighted by molar-refractivity contribution is 7.98. The number of fused-ring (bicyclic) bond motifs is 2. The van der Waals surface area contributed by atoms with Crippen molar-refractivity contribution in [2.45, 2.75) is 17.8 Å². The molecule has 0 atom stereocenters. The number of thiophene rings is 1. The Morgan fingerprint density at radius 1 is 1.29 bits per heavy atom. The van der Waals surface area contributed by atoms with Gasteiger partial charge < -0.3 is 9.73 Å². The first-order valence-electron chi connectivity index (χ1n) is 8.34. The largest absolute Gasteiger partial charge is 0.423 e. The Kier molecular flexibility index (Phi) is 4.78. The number of thioether (sulfide) groups is 1. The van der Waals surface area contributed by atoms with Crippen molar-refractivity contribution in [1.82, 2.24) is 9.55 Å². The molecule has 9 heteroatoms. The molecule has 142 valence electrons. The number of anilines is 1. The number of carbonyl (C=O) groups is 1. The molecule has 0 spiro atoms. The maximum Gasteiger partial charge on any atom is 0.336 e. The molecule has 0 saturated carbocycles. The highest BCUT2D eigenvalue weighted by atomic mass is 32.2. The minimum absolute atomic E-state index is 0.0834. The number of aromatic nitrogens is 2. The van der Waals surface area contributed by atoms with Crippen molar-refractivity contribution in [3.05, 3.63) is 62.0 Å². The van der Waals surface area contributed by atoms with Gasteiger partial charge >= 0.3 is 5.63 Å². The van der Waals surface area contributed by atoms with Gasteiger partial charge in [-0.25, -0.2) is 9.78 Å². The number of nitrogens with zero attached hydrogens (tertiary/aromatic N) is 2. The summed E-state index contributed by atoms with van der Waals surface area (Å²) in [5, 5.41) is 5.85. The van der Waals surface area contributed by atoms with Gasteiger partial charge in [0.2, 0.25) is 5.91 Å². The molecule has 0 aliphatic rings. The molecule has 1 amide bonds. The van der Waals surface area contributed by atoms with Crippen molar-refractivity contribution in [1.29, 1.82) is 0 Å².